The van der Waals surface area contributed by atoms with Gasteiger partial charge in [0.2, 0.25) is 0 Å². The minimum absolute atomic E-state index is 0.0202. The van der Waals surface area contributed by atoms with Crippen LogP contribution in [0.5, 0.6) is 5.75 Å². The molecule has 0 aliphatic heterocycles. The quantitative estimate of drug-likeness (QED) is 0.253. The van der Waals surface area contributed by atoms with Crippen LogP contribution >= 0.6 is 11.6 Å². The van der Waals surface area contributed by atoms with E-state index >= 15 is 0 Å². The van der Waals surface area contributed by atoms with Crippen LogP contribution in [0.1, 0.15) is 36.6 Å². The molecule has 2 N–H and O–H groups in total. The Morgan fingerprint density at radius 2 is 1.94 bits per heavy atom. The van der Waals surface area contributed by atoms with Gasteiger partial charge in [-0.25, -0.2) is 0 Å². The van der Waals surface area contributed by atoms with E-state index in [4.69, 9.17) is 21.4 Å². The molecule has 1 aromatic heterocycles. The highest BCUT2D eigenvalue weighted by Gasteiger charge is 2.33. The molecule has 0 unspecified atom stereocenters. The zero-order valence-electron chi connectivity index (χ0n) is 18.7. The Hall–Kier alpha value is -3.70. The molecule has 0 fully saturated rings. The highest BCUT2D eigenvalue weighted by atomic mass is 35.5. The standard InChI is InChI=1S/C26H22ClF3N2O3/c1-2-6-18-14-24(26(28,29)30)32-16-20(18)19-13-17(10-11-21(19)27)15-31-22-7-3-4-8-23(22)35-12-5-9-25(33)34/h3-4,7-8,10-11,13-14,16,31H,5,9,12,15H2,1H3,(H,33,34). The largest absolute Gasteiger partial charge is 0.491 e. The Balaban J connectivity index is 1.82. The van der Waals surface area contributed by atoms with Crippen molar-refractivity contribution in [2.75, 3.05) is 11.9 Å². The number of anilines is 1. The summed E-state index contributed by atoms with van der Waals surface area (Å²) in [5, 5.41) is 12.4. The number of para-hydroxylation sites is 2. The number of alkyl halides is 3. The monoisotopic (exact) mass is 502 g/mol. The second-order valence-electron chi connectivity index (χ2n) is 7.50. The number of ether oxygens (including phenoxy) is 1. The Labute approximate surface area is 205 Å². The molecule has 0 saturated heterocycles. The first-order chi connectivity index (χ1) is 16.7. The van der Waals surface area contributed by atoms with Crippen LogP contribution in [0.3, 0.4) is 0 Å². The van der Waals surface area contributed by atoms with Gasteiger partial charge >= 0.3 is 12.1 Å². The zero-order valence-corrected chi connectivity index (χ0v) is 19.5. The van der Waals surface area contributed by atoms with Crippen LogP contribution in [-0.4, -0.2) is 22.7 Å². The molecular formula is C26H22ClF3N2O3. The smallest absolute Gasteiger partial charge is 0.433 e. The third-order valence-electron chi connectivity index (χ3n) is 4.94. The number of aromatic nitrogens is 1. The maximum absolute atomic E-state index is 13.1. The molecule has 0 spiro atoms. The normalized spacial score (nSPS) is 10.9. The average molecular weight is 503 g/mol. The van der Waals surface area contributed by atoms with E-state index in [9.17, 15) is 18.0 Å². The number of nitrogens with zero attached hydrogens (tertiary/aromatic N) is 1. The summed E-state index contributed by atoms with van der Waals surface area (Å²) >= 11 is 6.39. The number of rotatable bonds is 9. The Bertz CT molecular complexity index is 1270. The fourth-order valence-corrected chi connectivity index (χ4v) is 3.51. The van der Waals surface area contributed by atoms with Gasteiger partial charge in [0.05, 0.1) is 12.3 Å². The SMILES string of the molecule is CC#Cc1cc(C(F)(F)F)ncc1-c1cc(CNc2ccccc2OCCCC(=O)O)ccc1Cl. The molecule has 0 aliphatic rings. The summed E-state index contributed by atoms with van der Waals surface area (Å²) in [5.41, 5.74) is 1.62. The van der Waals surface area contributed by atoms with Crippen molar-refractivity contribution in [3.05, 3.63) is 76.6 Å². The molecular weight excluding hydrogens is 481 g/mol. The Morgan fingerprint density at radius 3 is 2.66 bits per heavy atom. The number of hydrogen-bond donors (Lipinski definition) is 2. The van der Waals surface area contributed by atoms with E-state index in [1.54, 1.807) is 31.2 Å². The van der Waals surface area contributed by atoms with Crippen molar-refractivity contribution in [3.63, 3.8) is 0 Å². The van der Waals surface area contributed by atoms with Crippen LogP contribution in [-0.2, 0) is 17.5 Å². The molecule has 2 aromatic carbocycles. The minimum atomic E-state index is -4.58. The lowest BCUT2D eigenvalue weighted by Crippen LogP contribution is -2.08. The first kappa shape index (κ1) is 25.9. The highest BCUT2D eigenvalue weighted by Crippen LogP contribution is 2.35. The molecule has 35 heavy (non-hydrogen) atoms. The maximum Gasteiger partial charge on any atom is 0.433 e. The average Bonchev–Trinajstić information content (AvgIpc) is 2.81. The second-order valence-corrected chi connectivity index (χ2v) is 7.90. The molecule has 0 amide bonds. The summed E-state index contributed by atoms with van der Waals surface area (Å²) in [7, 11) is 0. The van der Waals surface area contributed by atoms with E-state index in [1.807, 2.05) is 18.2 Å². The number of hydrogen-bond acceptors (Lipinski definition) is 4. The van der Waals surface area contributed by atoms with Crippen molar-refractivity contribution >= 4 is 23.3 Å². The van der Waals surface area contributed by atoms with E-state index in [0.717, 1.165) is 17.8 Å². The van der Waals surface area contributed by atoms with E-state index in [2.05, 4.69) is 22.1 Å². The molecule has 9 heteroatoms. The summed E-state index contributed by atoms with van der Waals surface area (Å²) in [5.74, 6) is 5.06. The Morgan fingerprint density at radius 1 is 1.17 bits per heavy atom. The topological polar surface area (TPSA) is 71.5 Å². The molecule has 3 aromatic rings. The van der Waals surface area contributed by atoms with Crippen molar-refractivity contribution in [1.82, 2.24) is 4.98 Å². The van der Waals surface area contributed by atoms with Crippen LogP contribution in [0.4, 0.5) is 18.9 Å². The van der Waals surface area contributed by atoms with E-state index in [1.165, 1.54) is 0 Å². The van der Waals surface area contributed by atoms with E-state index in [-0.39, 0.29) is 18.6 Å². The van der Waals surface area contributed by atoms with Crippen molar-refractivity contribution < 1.29 is 27.8 Å². The van der Waals surface area contributed by atoms with Gasteiger partial charge in [0.1, 0.15) is 11.4 Å². The predicted molar refractivity (Wildman–Crippen MR) is 128 cm³/mol. The van der Waals surface area contributed by atoms with Gasteiger partial charge in [0.15, 0.2) is 0 Å². The van der Waals surface area contributed by atoms with Gasteiger partial charge in [0, 0.05) is 40.9 Å². The number of halogens is 4. The van der Waals surface area contributed by atoms with Crippen LogP contribution in [0.15, 0.2) is 54.7 Å². The number of benzene rings is 2. The van der Waals surface area contributed by atoms with Gasteiger partial charge in [-0.05, 0) is 49.2 Å². The predicted octanol–water partition coefficient (Wildman–Crippen LogP) is 6.65. The summed E-state index contributed by atoms with van der Waals surface area (Å²) in [4.78, 5) is 14.2. The first-order valence-electron chi connectivity index (χ1n) is 10.7. The number of carbonyl (C=O) groups is 1. The molecule has 182 valence electrons. The van der Waals surface area contributed by atoms with E-state index in [0.29, 0.717) is 40.6 Å². The van der Waals surface area contributed by atoms with Crippen LogP contribution in [0.2, 0.25) is 5.02 Å². The lowest BCUT2D eigenvalue weighted by molar-refractivity contribution is -0.141. The summed E-state index contributed by atoms with van der Waals surface area (Å²) in [6, 6.07) is 13.4. The molecule has 1 heterocycles. The Kier molecular flexibility index (Phi) is 8.61. The van der Waals surface area contributed by atoms with Gasteiger partial charge in [-0.3, -0.25) is 9.78 Å². The number of nitrogens with one attached hydrogen (secondary N) is 1. The molecule has 3 rings (SSSR count). The summed E-state index contributed by atoms with van der Waals surface area (Å²) in [6.07, 6.45) is -3.04. The van der Waals surface area contributed by atoms with Crippen LogP contribution < -0.4 is 10.1 Å². The van der Waals surface area contributed by atoms with Crippen molar-refractivity contribution in [2.24, 2.45) is 0 Å². The third kappa shape index (κ3) is 7.14. The van der Waals surface area contributed by atoms with Crippen molar-refractivity contribution in [1.29, 1.82) is 0 Å². The fraction of sp³-hybridized carbons (Fsp3) is 0.231. The summed E-state index contributed by atoms with van der Waals surface area (Å²) in [6.45, 7) is 2.18. The van der Waals surface area contributed by atoms with Crippen molar-refractivity contribution in [2.45, 2.75) is 32.5 Å². The number of aliphatic carboxylic acids is 1. The highest BCUT2D eigenvalue weighted by molar-refractivity contribution is 6.33. The lowest BCUT2D eigenvalue weighted by atomic mass is 9.99. The maximum atomic E-state index is 13.1. The minimum Gasteiger partial charge on any atom is -0.491 e. The first-order valence-corrected chi connectivity index (χ1v) is 11.0. The van der Waals surface area contributed by atoms with Gasteiger partial charge in [-0.1, -0.05) is 35.7 Å². The second kappa shape index (κ2) is 11.6. The lowest BCUT2D eigenvalue weighted by Gasteiger charge is -2.15. The zero-order chi connectivity index (χ0) is 25.4. The van der Waals surface area contributed by atoms with Crippen molar-refractivity contribution in [3.8, 4) is 28.7 Å². The van der Waals surface area contributed by atoms with Gasteiger partial charge in [-0.15, -0.1) is 5.92 Å². The molecule has 0 atom stereocenters. The number of carboxylic acid groups (broad SMARTS) is 1. The van der Waals surface area contributed by atoms with E-state index < -0.39 is 17.8 Å². The van der Waals surface area contributed by atoms with Gasteiger partial charge in [0.25, 0.3) is 0 Å². The summed E-state index contributed by atoms with van der Waals surface area (Å²) < 4.78 is 45.1. The molecule has 0 bridgehead atoms. The van der Waals surface area contributed by atoms with Gasteiger partial charge in [-0.2, -0.15) is 13.2 Å². The number of pyridine rings is 1. The fourth-order valence-electron chi connectivity index (χ4n) is 3.29. The molecule has 5 nitrogen and oxygen atoms in total. The molecule has 0 aliphatic carbocycles. The third-order valence-corrected chi connectivity index (χ3v) is 5.27. The molecule has 0 radical (unpaired) electrons. The van der Waals surface area contributed by atoms with Crippen LogP contribution in [0, 0.1) is 11.8 Å². The van der Waals surface area contributed by atoms with Gasteiger partial charge < -0.3 is 15.2 Å². The number of carboxylic acids is 1. The molecule has 0 saturated carbocycles. The van der Waals surface area contributed by atoms with Crippen LogP contribution in [0.25, 0.3) is 11.1 Å².